The summed E-state index contributed by atoms with van der Waals surface area (Å²) in [7, 11) is 0. The van der Waals surface area contributed by atoms with Crippen LogP contribution in [0, 0.1) is 0 Å². The van der Waals surface area contributed by atoms with E-state index in [0.29, 0.717) is 11.5 Å². The highest BCUT2D eigenvalue weighted by Gasteiger charge is 1.99. The van der Waals surface area contributed by atoms with Gasteiger partial charge >= 0.3 is 0 Å². The highest BCUT2D eigenvalue weighted by molar-refractivity contribution is 7.99. The Labute approximate surface area is 115 Å². The minimum absolute atomic E-state index is 0.292. The third-order valence-corrected chi connectivity index (χ3v) is 4.10. The first kappa shape index (κ1) is 14.9. The van der Waals surface area contributed by atoms with E-state index in [1.54, 1.807) is 0 Å². The lowest BCUT2D eigenvalue weighted by Crippen LogP contribution is -2.13. The van der Waals surface area contributed by atoms with Gasteiger partial charge in [-0.3, -0.25) is 9.59 Å². The van der Waals surface area contributed by atoms with Gasteiger partial charge in [0, 0.05) is 11.5 Å². The Balaban J connectivity index is 2.33. The van der Waals surface area contributed by atoms with E-state index >= 15 is 0 Å². The minimum Gasteiger partial charge on any atom is -0.369 e. The summed E-state index contributed by atoms with van der Waals surface area (Å²) in [6, 6.07) is 8.09. The van der Waals surface area contributed by atoms with Crippen molar-refractivity contribution >= 4 is 35.3 Å². The molecule has 0 bridgehead atoms. The van der Waals surface area contributed by atoms with Gasteiger partial charge in [0.25, 0.3) is 0 Å². The molecule has 0 spiro atoms. The summed E-state index contributed by atoms with van der Waals surface area (Å²) in [4.78, 5) is 21.2. The number of primary amides is 2. The van der Waals surface area contributed by atoms with Crippen molar-refractivity contribution in [3.63, 3.8) is 0 Å². The molecule has 0 saturated carbocycles. The molecule has 1 rings (SSSR count). The van der Waals surface area contributed by atoms with Crippen LogP contribution in [0.4, 0.5) is 0 Å². The smallest absolute Gasteiger partial charge is 0.227 e. The van der Waals surface area contributed by atoms with Gasteiger partial charge in [-0.15, -0.1) is 23.5 Å². The Morgan fingerprint density at radius 3 is 1.44 bits per heavy atom. The van der Waals surface area contributed by atoms with Crippen LogP contribution in [0.15, 0.2) is 24.3 Å². The zero-order chi connectivity index (χ0) is 13.4. The Kier molecular flexibility index (Phi) is 6.67. The molecule has 6 heteroatoms. The van der Waals surface area contributed by atoms with E-state index in [1.807, 2.05) is 24.3 Å². The number of hydrogen-bond donors (Lipinski definition) is 2. The molecule has 0 unspecified atom stereocenters. The van der Waals surface area contributed by atoms with Crippen LogP contribution in [0.1, 0.15) is 11.1 Å². The lowest BCUT2D eigenvalue weighted by molar-refractivity contribution is -0.116. The molecule has 0 heterocycles. The predicted octanol–water partition coefficient (Wildman–Crippen LogP) is 1.12. The molecule has 0 radical (unpaired) electrons. The van der Waals surface area contributed by atoms with Gasteiger partial charge in [-0.2, -0.15) is 0 Å². The SMILES string of the molecule is NC(=O)CSCc1ccc(CSCC(N)=O)cc1. The Morgan fingerprint density at radius 2 is 1.17 bits per heavy atom. The topological polar surface area (TPSA) is 86.2 Å². The quantitative estimate of drug-likeness (QED) is 0.749. The molecule has 0 aliphatic carbocycles. The van der Waals surface area contributed by atoms with Crippen molar-refractivity contribution in [3.05, 3.63) is 35.4 Å². The Morgan fingerprint density at radius 1 is 0.833 bits per heavy atom. The summed E-state index contributed by atoms with van der Waals surface area (Å²) < 4.78 is 0. The van der Waals surface area contributed by atoms with E-state index in [1.165, 1.54) is 23.5 Å². The first-order valence-electron chi connectivity index (χ1n) is 5.38. The van der Waals surface area contributed by atoms with Crippen LogP contribution in [0.3, 0.4) is 0 Å². The third kappa shape index (κ3) is 6.56. The van der Waals surface area contributed by atoms with E-state index < -0.39 is 0 Å². The van der Waals surface area contributed by atoms with Crippen molar-refractivity contribution in [2.24, 2.45) is 11.5 Å². The zero-order valence-electron chi connectivity index (χ0n) is 9.93. The second kappa shape index (κ2) is 8.05. The number of amides is 2. The molecule has 0 aliphatic heterocycles. The van der Waals surface area contributed by atoms with Crippen LogP contribution in [0.2, 0.25) is 0 Å². The maximum Gasteiger partial charge on any atom is 0.227 e. The van der Waals surface area contributed by atoms with Gasteiger partial charge in [-0.1, -0.05) is 24.3 Å². The first-order chi connectivity index (χ1) is 8.58. The first-order valence-corrected chi connectivity index (χ1v) is 7.69. The number of thioether (sulfide) groups is 2. The van der Waals surface area contributed by atoms with Gasteiger partial charge in [0.15, 0.2) is 0 Å². The van der Waals surface area contributed by atoms with Crippen LogP contribution in [0.5, 0.6) is 0 Å². The highest BCUT2D eigenvalue weighted by atomic mass is 32.2. The summed E-state index contributed by atoms with van der Waals surface area (Å²) in [5.41, 5.74) is 12.4. The van der Waals surface area contributed by atoms with Crippen LogP contribution < -0.4 is 11.5 Å². The standard InChI is InChI=1S/C12H16N2O2S2/c13-11(15)7-17-5-9-1-2-10(4-3-9)6-18-8-12(14)16/h1-4H,5-8H2,(H2,13,15)(H2,14,16). The molecule has 1 aromatic rings. The summed E-state index contributed by atoms with van der Waals surface area (Å²) in [6.45, 7) is 0. The number of benzene rings is 1. The van der Waals surface area contributed by atoms with Crippen LogP contribution in [-0.2, 0) is 21.1 Å². The van der Waals surface area contributed by atoms with Gasteiger partial charge < -0.3 is 11.5 Å². The molecule has 4 N–H and O–H groups in total. The summed E-state index contributed by atoms with van der Waals surface area (Å²) in [5, 5.41) is 0. The fraction of sp³-hybridized carbons (Fsp3) is 0.333. The normalized spacial score (nSPS) is 10.2. The minimum atomic E-state index is -0.292. The van der Waals surface area contributed by atoms with Gasteiger partial charge in [0.2, 0.25) is 11.8 Å². The van der Waals surface area contributed by atoms with Crippen molar-refractivity contribution < 1.29 is 9.59 Å². The Hall–Kier alpha value is -1.14. The Bertz CT molecular complexity index is 368. The molecular weight excluding hydrogens is 268 g/mol. The molecule has 0 aliphatic rings. The van der Waals surface area contributed by atoms with E-state index in [0.717, 1.165) is 22.6 Å². The summed E-state index contributed by atoms with van der Waals surface area (Å²) in [6.07, 6.45) is 0. The lowest BCUT2D eigenvalue weighted by Gasteiger charge is -2.03. The average molecular weight is 284 g/mol. The largest absolute Gasteiger partial charge is 0.369 e. The molecule has 4 nitrogen and oxygen atoms in total. The predicted molar refractivity (Wildman–Crippen MR) is 77.2 cm³/mol. The number of carbonyl (C=O) groups is 2. The lowest BCUT2D eigenvalue weighted by atomic mass is 10.2. The van der Waals surface area contributed by atoms with E-state index in [-0.39, 0.29) is 11.8 Å². The molecule has 0 aromatic heterocycles. The molecule has 0 fully saturated rings. The van der Waals surface area contributed by atoms with Gasteiger partial charge in [0.05, 0.1) is 11.5 Å². The third-order valence-electron chi connectivity index (χ3n) is 2.05. The number of rotatable bonds is 8. The van der Waals surface area contributed by atoms with E-state index in [2.05, 4.69) is 0 Å². The van der Waals surface area contributed by atoms with Crippen molar-refractivity contribution in [2.45, 2.75) is 11.5 Å². The van der Waals surface area contributed by atoms with Crippen molar-refractivity contribution in [3.8, 4) is 0 Å². The van der Waals surface area contributed by atoms with E-state index in [9.17, 15) is 9.59 Å². The number of hydrogen-bond acceptors (Lipinski definition) is 4. The fourth-order valence-electron chi connectivity index (χ4n) is 1.27. The molecule has 98 valence electrons. The zero-order valence-corrected chi connectivity index (χ0v) is 11.6. The summed E-state index contributed by atoms with van der Waals surface area (Å²) >= 11 is 3.00. The van der Waals surface area contributed by atoms with Crippen LogP contribution in [-0.4, -0.2) is 23.3 Å². The monoisotopic (exact) mass is 284 g/mol. The molecule has 0 atom stereocenters. The van der Waals surface area contributed by atoms with Crippen molar-refractivity contribution in [2.75, 3.05) is 11.5 Å². The van der Waals surface area contributed by atoms with Gasteiger partial charge in [-0.05, 0) is 11.1 Å². The molecule has 0 saturated heterocycles. The molecule has 2 amide bonds. The van der Waals surface area contributed by atoms with Crippen molar-refractivity contribution in [1.29, 1.82) is 0 Å². The van der Waals surface area contributed by atoms with Gasteiger partial charge in [0.1, 0.15) is 0 Å². The summed E-state index contributed by atoms with van der Waals surface area (Å²) in [5.74, 6) is 1.65. The average Bonchev–Trinajstić information content (AvgIpc) is 2.30. The molecular formula is C12H16N2O2S2. The number of carbonyl (C=O) groups excluding carboxylic acids is 2. The van der Waals surface area contributed by atoms with E-state index in [4.69, 9.17) is 11.5 Å². The maximum atomic E-state index is 10.6. The van der Waals surface area contributed by atoms with Crippen LogP contribution in [0.25, 0.3) is 0 Å². The van der Waals surface area contributed by atoms with Crippen LogP contribution >= 0.6 is 23.5 Å². The fourth-order valence-corrected chi connectivity index (χ4v) is 2.73. The molecule has 18 heavy (non-hydrogen) atoms. The highest BCUT2D eigenvalue weighted by Crippen LogP contribution is 2.16. The maximum absolute atomic E-state index is 10.6. The van der Waals surface area contributed by atoms with Gasteiger partial charge in [-0.25, -0.2) is 0 Å². The second-order valence-electron chi connectivity index (χ2n) is 3.73. The number of nitrogens with two attached hydrogens (primary N) is 2. The second-order valence-corrected chi connectivity index (χ2v) is 5.71. The molecule has 1 aromatic carbocycles. The van der Waals surface area contributed by atoms with Crippen molar-refractivity contribution in [1.82, 2.24) is 0 Å².